The van der Waals surface area contributed by atoms with Crippen LogP contribution in [0.4, 0.5) is 0 Å². The average molecular weight is 519 g/mol. The molecule has 0 aliphatic rings. The van der Waals surface area contributed by atoms with Gasteiger partial charge in [-0.3, -0.25) is 0 Å². The van der Waals surface area contributed by atoms with Crippen molar-refractivity contribution in [3.05, 3.63) is 0 Å². The van der Waals surface area contributed by atoms with Crippen LogP contribution >= 0.6 is 18.7 Å². The standard InChI is InChI=1S/C24H52O3P.ClH.Cu/c1-7-13-16-22(10-4)19-25-28(26-20-23(11-5)17-14-8-2)27-21-24(12-6)18-15-9-3;;/h22-24,28H,7-21H2,1-6H3;1H;/q+1;;+1/p-1. The molecule has 0 aliphatic carbocycles. The molecule has 0 aromatic heterocycles. The molecule has 3 unspecified atom stereocenters. The Morgan fingerprint density at radius 1 is 0.567 bits per heavy atom. The van der Waals surface area contributed by atoms with E-state index in [1.807, 2.05) is 0 Å². The maximum atomic E-state index is 6.25. The predicted molar refractivity (Wildman–Crippen MR) is 132 cm³/mol. The molecular weight excluding hydrogens is 466 g/mol. The van der Waals surface area contributed by atoms with Crippen LogP contribution in [0.5, 0.6) is 0 Å². The quantitative estimate of drug-likeness (QED) is 0.112. The Bertz CT molecular complexity index is 279. The van der Waals surface area contributed by atoms with Crippen LogP contribution in [0, 0.1) is 17.8 Å². The first kappa shape index (κ1) is 33.3. The van der Waals surface area contributed by atoms with E-state index >= 15 is 0 Å². The van der Waals surface area contributed by atoms with E-state index in [1.54, 1.807) is 0 Å². The summed E-state index contributed by atoms with van der Waals surface area (Å²) < 4.78 is 18.7. The van der Waals surface area contributed by atoms with Gasteiger partial charge >= 0.3 is 33.8 Å². The summed E-state index contributed by atoms with van der Waals surface area (Å²) in [5, 5.41) is 0. The molecule has 0 aromatic carbocycles. The van der Waals surface area contributed by atoms with Crippen molar-refractivity contribution in [3.63, 3.8) is 0 Å². The summed E-state index contributed by atoms with van der Waals surface area (Å²) in [4.78, 5) is 0. The van der Waals surface area contributed by atoms with Crippen LogP contribution in [0.3, 0.4) is 0 Å². The van der Waals surface area contributed by atoms with Crippen molar-refractivity contribution in [1.82, 2.24) is 0 Å². The molecule has 6 heteroatoms. The molecule has 0 aliphatic heterocycles. The van der Waals surface area contributed by atoms with Crippen LogP contribution in [-0.4, -0.2) is 19.8 Å². The molecule has 0 heterocycles. The first-order valence-electron chi connectivity index (χ1n) is 12.5. The fraction of sp³-hybridized carbons (Fsp3) is 1.00. The Kier molecular flexibility index (Phi) is 29.3. The second-order valence-corrected chi connectivity index (χ2v) is 9.80. The van der Waals surface area contributed by atoms with Gasteiger partial charge in [-0.2, -0.15) is 13.6 Å². The van der Waals surface area contributed by atoms with Crippen molar-refractivity contribution >= 4 is 18.7 Å². The predicted octanol–water partition coefficient (Wildman–Crippen LogP) is 9.33. The van der Waals surface area contributed by atoms with Gasteiger partial charge in [-0.1, -0.05) is 99.3 Å². The number of unbranched alkanes of at least 4 members (excludes halogenated alkanes) is 3. The molecule has 0 saturated carbocycles. The second-order valence-electron chi connectivity index (χ2n) is 8.43. The summed E-state index contributed by atoms with van der Waals surface area (Å²) in [6.07, 6.45) is 14.9. The minimum atomic E-state index is -1.63. The Hall–Kier alpha value is 1.12. The van der Waals surface area contributed by atoms with Gasteiger partial charge in [0.05, 0.1) is 0 Å². The summed E-state index contributed by atoms with van der Waals surface area (Å²) in [6.45, 7) is 16.0. The normalized spacial score (nSPS) is 15.2. The summed E-state index contributed by atoms with van der Waals surface area (Å²) in [7, 11) is 2.57. The zero-order valence-corrected chi connectivity index (χ0v) is 23.4. The van der Waals surface area contributed by atoms with E-state index in [0.29, 0.717) is 17.8 Å². The molecule has 0 spiro atoms. The number of hydrogen-bond acceptors (Lipinski definition) is 3. The van der Waals surface area contributed by atoms with Crippen molar-refractivity contribution in [1.29, 1.82) is 0 Å². The summed E-state index contributed by atoms with van der Waals surface area (Å²) in [6, 6.07) is 0. The summed E-state index contributed by atoms with van der Waals surface area (Å²) in [5.74, 6) is 1.91. The molecular formula is C24H52ClCuO3P+. The van der Waals surface area contributed by atoms with E-state index in [-0.39, 0.29) is 0 Å². The van der Waals surface area contributed by atoms with Crippen molar-refractivity contribution in [2.24, 2.45) is 17.8 Å². The summed E-state index contributed by atoms with van der Waals surface area (Å²) >= 11 is 3.66. The van der Waals surface area contributed by atoms with E-state index < -0.39 is 8.60 Å². The fourth-order valence-corrected chi connectivity index (χ4v) is 4.74. The molecule has 0 radical (unpaired) electrons. The van der Waals surface area contributed by atoms with E-state index in [9.17, 15) is 0 Å². The van der Waals surface area contributed by atoms with Crippen LogP contribution in [0.15, 0.2) is 0 Å². The maximum absolute atomic E-state index is 6.25. The molecule has 188 valence electrons. The van der Waals surface area contributed by atoms with Gasteiger partial charge < -0.3 is 0 Å². The van der Waals surface area contributed by atoms with Crippen molar-refractivity contribution in [2.45, 2.75) is 119 Å². The fourth-order valence-electron chi connectivity index (χ4n) is 3.38. The molecule has 30 heavy (non-hydrogen) atoms. The van der Waals surface area contributed by atoms with Gasteiger partial charge in [-0.25, -0.2) is 0 Å². The SMILES string of the molecule is CCCCC(CC)CO[PH+](OCC(CC)CCCC)OCC(CC)CCCC.[Cl][Cu]. The average Bonchev–Trinajstić information content (AvgIpc) is 2.79. The molecule has 0 rings (SSSR count). The molecule has 0 amide bonds. The van der Waals surface area contributed by atoms with Crippen LogP contribution in [0.25, 0.3) is 0 Å². The number of hydrogen-bond donors (Lipinski definition) is 0. The van der Waals surface area contributed by atoms with Crippen molar-refractivity contribution < 1.29 is 28.7 Å². The first-order chi connectivity index (χ1) is 14.6. The molecule has 0 saturated heterocycles. The van der Waals surface area contributed by atoms with E-state index in [0.717, 1.165) is 19.8 Å². The molecule has 0 bridgehead atoms. The molecule has 0 aromatic rings. The van der Waals surface area contributed by atoms with E-state index in [1.165, 1.54) is 77.0 Å². The Labute approximate surface area is 203 Å². The van der Waals surface area contributed by atoms with Crippen LogP contribution < -0.4 is 0 Å². The van der Waals surface area contributed by atoms with Gasteiger partial charge in [0.15, 0.2) is 0 Å². The van der Waals surface area contributed by atoms with Crippen LogP contribution in [-0.2, 0) is 28.7 Å². The van der Waals surface area contributed by atoms with Gasteiger partial charge in [-0.15, -0.1) is 0 Å². The van der Waals surface area contributed by atoms with Crippen LogP contribution in [0.1, 0.15) is 119 Å². The second kappa shape index (κ2) is 26.4. The van der Waals surface area contributed by atoms with Crippen molar-refractivity contribution in [3.8, 4) is 0 Å². The molecule has 3 atom stereocenters. The molecule has 0 fully saturated rings. The molecule has 0 N–H and O–H groups in total. The Morgan fingerprint density at radius 3 is 1.03 bits per heavy atom. The van der Waals surface area contributed by atoms with E-state index in [2.05, 4.69) is 66.7 Å². The number of halogens is 1. The monoisotopic (exact) mass is 517 g/mol. The van der Waals surface area contributed by atoms with Crippen molar-refractivity contribution in [2.75, 3.05) is 19.8 Å². The zero-order valence-electron chi connectivity index (χ0n) is 20.7. The van der Waals surface area contributed by atoms with Crippen LogP contribution in [0.2, 0.25) is 0 Å². The third kappa shape index (κ3) is 19.8. The third-order valence-electron chi connectivity index (χ3n) is 5.94. The number of rotatable bonds is 21. The van der Waals surface area contributed by atoms with E-state index in [4.69, 9.17) is 13.6 Å². The van der Waals surface area contributed by atoms with Gasteiger partial charge in [0.2, 0.25) is 0 Å². The summed E-state index contributed by atoms with van der Waals surface area (Å²) in [5.41, 5.74) is 0. The zero-order chi connectivity index (χ0) is 23.0. The van der Waals surface area contributed by atoms with Gasteiger partial charge in [0.1, 0.15) is 19.8 Å². The topological polar surface area (TPSA) is 27.7 Å². The minimum absolute atomic E-state index is 0.635. The molecule has 3 nitrogen and oxygen atoms in total. The first-order valence-corrected chi connectivity index (χ1v) is 15.0. The third-order valence-corrected chi connectivity index (χ3v) is 7.15. The van der Waals surface area contributed by atoms with Gasteiger partial charge in [0, 0.05) is 0 Å². The Balaban J connectivity index is 0. The Morgan fingerprint density at radius 2 is 0.833 bits per heavy atom. The van der Waals surface area contributed by atoms with Gasteiger partial charge in [-0.05, 0) is 37.0 Å². The van der Waals surface area contributed by atoms with Gasteiger partial charge in [0.25, 0.3) is 0 Å².